The van der Waals surface area contributed by atoms with Crippen molar-refractivity contribution < 1.29 is 14.4 Å². The molecule has 1 aliphatic heterocycles. The van der Waals surface area contributed by atoms with E-state index in [1.54, 1.807) is 18.0 Å². The predicted molar refractivity (Wildman–Crippen MR) is 106 cm³/mol. The van der Waals surface area contributed by atoms with Crippen LogP contribution in [0.1, 0.15) is 38.3 Å². The van der Waals surface area contributed by atoms with Gasteiger partial charge in [-0.05, 0) is 38.3 Å². The van der Waals surface area contributed by atoms with Crippen LogP contribution >= 0.6 is 0 Å². The number of hydrogen-bond acceptors (Lipinski definition) is 3. The number of carbonyl (C=O) groups excluding carboxylic acids is 3. The summed E-state index contributed by atoms with van der Waals surface area (Å²) in [5.41, 5.74) is 3.11. The Bertz CT molecular complexity index is 838. The van der Waals surface area contributed by atoms with Crippen molar-refractivity contribution in [1.82, 2.24) is 20.9 Å². The quantitative estimate of drug-likeness (QED) is 0.657. The molecule has 3 N–H and O–H groups in total. The Kier molecular flexibility index (Phi) is 5.82. The predicted octanol–water partition coefficient (Wildman–Crippen LogP) is 2.00. The molecule has 1 aromatic rings. The summed E-state index contributed by atoms with van der Waals surface area (Å²) in [6.07, 6.45) is 3.69. The zero-order valence-corrected chi connectivity index (χ0v) is 16.4. The van der Waals surface area contributed by atoms with Crippen LogP contribution in [0.4, 0.5) is 4.79 Å². The van der Waals surface area contributed by atoms with Gasteiger partial charge in [0, 0.05) is 25.2 Å². The monoisotopic (exact) mass is 382 g/mol. The lowest BCUT2D eigenvalue weighted by atomic mass is 10.0. The molecular formula is C21H26N4O3. The zero-order valence-electron chi connectivity index (χ0n) is 16.4. The number of nitrogens with one attached hydrogen (secondary N) is 3. The lowest BCUT2D eigenvalue weighted by molar-refractivity contribution is -0.128. The number of benzene rings is 1. The number of allylic oxidation sites excluding steroid dienone is 1. The van der Waals surface area contributed by atoms with Gasteiger partial charge in [0.15, 0.2) is 0 Å². The number of hydrogen-bond donors (Lipinski definition) is 3. The second kappa shape index (κ2) is 8.29. The molecule has 1 fully saturated rings. The Morgan fingerprint density at radius 3 is 2.57 bits per heavy atom. The highest BCUT2D eigenvalue weighted by Crippen LogP contribution is 2.32. The summed E-state index contributed by atoms with van der Waals surface area (Å²) in [5.74, 6) is -0.381. The minimum Gasteiger partial charge on any atom is -0.349 e. The van der Waals surface area contributed by atoms with Gasteiger partial charge in [0.1, 0.15) is 5.70 Å². The van der Waals surface area contributed by atoms with E-state index in [1.165, 1.54) is 5.57 Å². The van der Waals surface area contributed by atoms with E-state index < -0.39 is 6.03 Å². The van der Waals surface area contributed by atoms with Gasteiger partial charge in [-0.1, -0.05) is 35.9 Å². The number of carbonyl (C=O) groups is 3. The van der Waals surface area contributed by atoms with Crippen molar-refractivity contribution in [3.05, 3.63) is 58.8 Å². The lowest BCUT2D eigenvalue weighted by Crippen LogP contribution is -2.48. The van der Waals surface area contributed by atoms with Crippen LogP contribution < -0.4 is 16.0 Å². The Balaban J connectivity index is 1.60. The number of likely N-dealkylation sites (N-methyl/N-ethyl adjacent to an activating group) is 1. The van der Waals surface area contributed by atoms with Crippen LogP contribution in [0.5, 0.6) is 0 Å². The van der Waals surface area contributed by atoms with Crippen molar-refractivity contribution in [1.29, 1.82) is 0 Å². The Labute approximate surface area is 164 Å². The molecule has 148 valence electrons. The first kappa shape index (κ1) is 19.7. The van der Waals surface area contributed by atoms with Crippen molar-refractivity contribution in [3.63, 3.8) is 0 Å². The molecule has 1 heterocycles. The van der Waals surface area contributed by atoms with E-state index in [1.807, 2.05) is 44.2 Å². The summed E-state index contributed by atoms with van der Waals surface area (Å²) in [4.78, 5) is 38.6. The summed E-state index contributed by atoms with van der Waals surface area (Å²) in [6, 6.07) is 8.47. The number of amides is 4. The molecule has 0 radical (unpaired) electrons. The molecule has 1 aliphatic carbocycles. The fraction of sp³-hybridized carbons (Fsp3) is 0.381. The average Bonchev–Trinajstić information content (AvgIpc) is 3.55. The van der Waals surface area contributed by atoms with Crippen LogP contribution in [-0.2, 0) is 9.59 Å². The van der Waals surface area contributed by atoms with Gasteiger partial charge in [0.25, 0.3) is 5.91 Å². The normalized spacial score (nSPS) is 19.0. The molecule has 2 unspecified atom stereocenters. The molecule has 1 aromatic carbocycles. The summed E-state index contributed by atoms with van der Waals surface area (Å²) >= 11 is 0. The van der Waals surface area contributed by atoms with E-state index in [0.717, 1.165) is 24.0 Å². The second-order valence-corrected chi connectivity index (χ2v) is 7.27. The topological polar surface area (TPSA) is 90.5 Å². The van der Waals surface area contributed by atoms with Crippen LogP contribution in [0.25, 0.3) is 0 Å². The molecule has 7 nitrogen and oxygen atoms in total. The van der Waals surface area contributed by atoms with Gasteiger partial charge in [-0.15, -0.1) is 0 Å². The SMILES string of the molecule is CC(C(=O)N(C)C(C)CNC(=O)C1=CC(c2ccccc2)NC(=O)N1)=C1CC1. The smallest absolute Gasteiger partial charge is 0.320 e. The zero-order chi connectivity index (χ0) is 20.3. The highest BCUT2D eigenvalue weighted by atomic mass is 16.2. The molecule has 1 saturated carbocycles. The standard InChI is InChI=1S/C21H26N4O3/c1-13(25(3)20(27)14(2)15-9-10-15)12-22-19(26)18-11-17(23-21(28)24-18)16-7-5-4-6-8-16/h4-8,11,13,17H,9-10,12H2,1-3H3,(H,22,26)(H2,23,24,28). The van der Waals surface area contributed by atoms with Crippen molar-refractivity contribution in [2.75, 3.05) is 13.6 Å². The minimum absolute atomic E-state index is 0.00669. The van der Waals surface area contributed by atoms with E-state index >= 15 is 0 Å². The van der Waals surface area contributed by atoms with Gasteiger partial charge < -0.3 is 20.9 Å². The van der Waals surface area contributed by atoms with E-state index in [4.69, 9.17) is 0 Å². The first-order valence-corrected chi connectivity index (χ1v) is 9.45. The first-order chi connectivity index (χ1) is 13.4. The number of nitrogens with zero attached hydrogens (tertiary/aromatic N) is 1. The van der Waals surface area contributed by atoms with Crippen LogP contribution in [0.15, 0.2) is 53.3 Å². The molecule has 0 bridgehead atoms. The third-order valence-corrected chi connectivity index (χ3v) is 5.16. The molecule has 3 rings (SSSR count). The molecule has 2 aliphatic rings. The van der Waals surface area contributed by atoms with Crippen LogP contribution in [0.3, 0.4) is 0 Å². The van der Waals surface area contributed by atoms with Gasteiger partial charge >= 0.3 is 6.03 Å². The third kappa shape index (κ3) is 4.60. The van der Waals surface area contributed by atoms with Gasteiger partial charge in [-0.2, -0.15) is 0 Å². The first-order valence-electron chi connectivity index (χ1n) is 9.45. The lowest BCUT2D eigenvalue weighted by Gasteiger charge is -2.27. The van der Waals surface area contributed by atoms with Gasteiger partial charge in [0.05, 0.1) is 6.04 Å². The van der Waals surface area contributed by atoms with E-state index in [2.05, 4.69) is 16.0 Å². The van der Waals surface area contributed by atoms with E-state index in [0.29, 0.717) is 6.54 Å². The fourth-order valence-corrected chi connectivity index (χ4v) is 3.05. The summed E-state index contributed by atoms with van der Waals surface area (Å²) in [6.45, 7) is 4.02. The Hall–Kier alpha value is -3.09. The maximum atomic E-state index is 12.5. The molecule has 4 amide bonds. The molecule has 0 spiro atoms. The van der Waals surface area contributed by atoms with Gasteiger partial charge in [-0.3, -0.25) is 9.59 Å². The maximum Gasteiger partial charge on any atom is 0.320 e. The molecular weight excluding hydrogens is 356 g/mol. The molecule has 7 heteroatoms. The molecule has 0 aromatic heterocycles. The fourth-order valence-electron chi connectivity index (χ4n) is 3.05. The van der Waals surface area contributed by atoms with Gasteiger partial charge in [0.2, 0.25) is 5.91 Å². The van der Waals surface area contributed by atoms with Crippen molar-refractivity contribution in [2.24, 2.45) is 0 Å². The van der Waals surface area contributed by atoms with E-state index in [-0.39, 0.29) is 29.6 Å². The van der Waals surface area contributed by atoms with Crippen LogP contribution in [-0.4, -0.2) is 42.4 Å². The summed E-state index contributed by atoms with van der Waals surface area (Å²) < 4.78 is 0. The third-order valence-electron chi connectivity index (χ3n) is 5.16. The minimum atomic E-state index is -0.423. The maximum absolute atomic E-state index is 12.5. The average molecular weight is 382 g/mol. The van der Waals surface area contributed by atoms with Gasteiger partial charge in [-0.25, -0.2) is 4.79 Å². The Morgan fingerprint density at radius 2 is 1.93 bits per heavy atom. The highest BCUT2D eigenvalue weighted by molar-refractivity contribution is 5.98. The highest BCUT2D eigenvalue weighted by Gasteiger charge is 2.26. The molecule has 0 saturated heterocycles. The number of urea groups is 1. The van der Waals surface area contributed by atoms with E-state index in [9.17, 15) is 14.4 Å². The van der Waals surface area contributed by atoms with Crippen molar-refractivity contribution in [3.8, 4) is 0 Å². The molecule has 2 atom stereocenters. The number of rotatable bonds is 6. The largest absolute Gasteiger partial charge is 0.349 e. The summed E-state index contributed by atoms with van der Waals surface area (Å²) in [5, 5.41) is 8.13. The summed E-state index contributed by atoms with van der Waals surface area (Å²) in [7, 11) is 1.74. The molecule has 28 heavy (non-hydrogen) atoms. The van der Waals surface area contributed by atoms with Crippen molar-refractivity contribution in [2.45, 2.75) is 38.8 Å². The van der Waals surface area contributed by atoms with Crippen LogP contribution in [0, 0.1) is 0 Å². The van der Waals surface area contributed by atoms with Crippen LogP contribution in [0.2, 0.25) is 0 Å². The Morgan fingerprint density at radius 1 is 1.25 bits per heavy atom. The van der Waals surface area contributed by atoms with Crippen molar-refractivity contribution >= 4 is 17.8 Å². The second-order valence-electron chi connectivity index (χ2n) is 7.27.